The number of nitrogens with one attached hydrogen (secondary N) is 1. The van der Waals surface area contributed by atoms with E-state index in [1.165, 1.54) is 16.7 Å². The summed E-state index contributed by atoms with van der Waals surface area (Å²) in [6, 6.07) is 12.8. The Morgan fingerprint density at radius 1 is 1.09 bits per heavy atom. The first-order valence-electron chi connectivity index (χ1n) is 10.6. The van der Waals surface area contributed by atoms with Crippen LogP contribution in [0.3, 0.4) is 0 Å². The summed E-state index contributed by atoms with van der Waals surface area (Å²) in [5.41, 5.74) is 3.92. The Hall–Kier alpha value is -3.33. The van der Waals surface area contributed by atoms with Crippen LogP contribution in [0.25, 0.3) is 5.69 Å². The number of carbonyl (C=O) groups is 2. The van der Waals surface area contributed by atoms with Crippen molar-refractivity contribution in [2.45, 2.75) is 45.8 Å². The lowest BCUT2D eigenvalue weighted by molar-refractivity contribution is -0.131. The van der Waals surface area contributed by atoms with Gasteiger partial charge in [0, 0.05) is 18.8 Å². The molecule has 0 bridgehead atoms. The van der Waals surface area contributed by atoms with Crippen molar-refractivity contribution >= 4 is 29.4 Å². The van der Waals surface area contributed by atoms with E-state index in [0.29, 0.717) is 16.6 Å². The number of aryl methyl sites for hydroxylation is 3. The van der Waals surface area contributed by atoms with Crippen molar-refractivity contribution in [3.63, 3.8) is 0 Å². The van der Waals surface area contributed by atoms with Gasteiger partial charge in [-0.3, -0.25) is 14.3 Å². The third-order valence-electron chi connectivity index (χ3n) is 4.89. The second kappa shape index (κ2) is 10.5. The van der Waals surface area contributed by atoms with Gasteiger partial charge in [0.25, 0.3) is 0 Å². The van der Waals surface area contributed by atoms with Gasteiger partial charge in [-0.25, -0.2) is 4.79 Å². The van der Waals surface area contributed by atoms with Gasteiger partial charge >= 0.3 is 12.0 Å². The molecular weight excluding hydrogens is 438 g/mol. The molecule has 9 heteroatoms. The molecule has 2 amide bonds. The number of esters is 1. The molecular formula is C24H29N5O3S. The molecule has 1 heterocycles. The minimum atomic E-state index is -0.396. The normalized spacial score (nSPS) is 10.9. The van der Waals surface area contributed by atoms with Gasteiger partial charge in [-0.05, 0) is 76.1 Å². The Bertz CT molecular complexity index is 1140. The maximum absolute atomic E-state index is 12.4. The maximum Gasteiger partial charge on any atom is 0.321 e. The lowest BCUT2D eigenvalue weighted by Crippen LogP contribution is -2.40. The summed E-state index contributed by atoms with van der Waals surface area (Å²) in [6.45, 7) is 9.75. The first kappa shape index (κ1) is 24.3. The van der Waals surface area contributed by atoms with Gasteiger partial charge in [-0.1, -0.05) is 23.9 Å². The van der Waals surface area contributed by atoms with E-state index in [9.17, 15) is 9.59 Å². The van der Waals surface area contributed by atoms with E-state index in [4.69, 9.17) is 4.74 Å². The summed E-state index contributed by atoms with van der Waals surface area (Å²) in [6.07, 6.45) is 0. The second-order valence-electron chi connectivity index (χ2n) is 8.07. The largest absolute Gasteiger partial charge is 0.426 e. The van der Waals surface area contributed by atoms with Crippen molar-refractivity contribution in [1.82, 2.24) is 20.1 Å². The molecule has 0 aliphatic carbocycles. The molecule has 33 heavy (non-hydrogen) atoms. The van der Waals surface area contributed by atoms with Crippen LogP contribution < -0.4 is 15.0 Å². The smallest absolute Gasteiger partial charge is 0.321 e. The van der Waals surface area contributed by atoms with Crippen molar-refractivity contribution in [3.05, 3.63) is 59.4 Å². The first-order chi connectivity index (χ1) is 15.7. The van der Waals surface area contributed by atoms with Crippen LogP contribution in [0.1, 0.15) is 30.8 Å². The summed E-state index contributed by atoms with van der Waals surface area (Å²) in [5, 5.41) is 11.9. The summed E-state index contributed by atoms with van der Waals surface area (Å²) >= 11 is 1.28. The van der Waals surface area contributed by atoms with E-state index in [1.54, 1.807) is 31.3 Å². The number of benzene rings is 2. The van der Waals surface area contributed by atoms with Crippen molar-refractivity contribution < 1.29 is 14.3 Å². The number of hydrogen-bond acceptors (Lipinski definition) is 6. The second-order valence-corrected chi connectivity index (χ2v) is 9.02. The molecule has 0 radical (unpaired) electrons. The fourth-order valence-corrected chi connectivity index (χ4v) is 3.92. The molecule has 3 rings (SSSR count). The molecule has 174 valence electrons. The number of rotatable bonds is 7. The highest BCUT2D eigenvalue weighted by Gasteiger charge is 2.16. The average molecular weight is 468 g/mol. The molecule has 0 atom stereocenters. The molecule has 0 fully saturated rings. The maximum atomic E-state index is 12.4. The van der Waals surface area contributed by atoms with E-state index in [-0.39, 0.29) is 17.8 Å². The predicted molar refractivity (Wildman–Crippen MR) is 130 cm³/mol. The summed E-state index contributed by atoms with van der Waals surface area (Å²) in [4.78, 5) is 26.1. The van der Waals surface area contributed by atoms with Crippen molar-refractivity contribution in [2.24, 2.45) is 0 Å². The quantitative estimate of drug-likeness (QED) is 0.314. The molecule has 0 unspecified atom stereocenters. The van der Waals surface area contributed by atoms with Gasteiger partial charge in [0.2, 0.25) is 0 Å². The molecule has 0 spiro atoms. The average Bonchev–Trinajstić information content (AvgIpc) is 3.13. The van der Waals surface area contributed by atoms with E-state index in [0.717, 1.165) is 22.6 Å². The van der Waals surface area contributed by atoms with E-state index in [2.05, 4.69) is 33.7 Å². The fourth-order valence-electron chi connectivity index (χ4n) is 3.16. The molecule has 1 N–H and O–H groups in total. The number of nitrogens with zero attached hydrogens (tertiary/aromatic N) is 4. The molecule has 3 aromatic rings. The third kappa shape index (κ3) is 6.13. The van der Waals surface area contributed by atoms with Gasteiger partial charge in [0.1, 0.15) is 11.6 Å². The molecule has 0 saturated carbocycles. The Balaban J connectivity index is 1.63. The van der Waals surface area contributed by atoms with Gasteiger partial charge in [0.15, 0.2) is 5.16 Å². The van der Waals surface area contributed by atoms with Crippen molar-refractivity contribution in [2.75, 3.05) is 17.7 Å². The lowest BCUT2D eigenvalue weighted by atomic mass is 10.1. The zero-order chi connectivity index (χ0) is 24.1. The van der Waals surface area contributed by atoms with Gasteiger partial charge < -0.3 is 10.1 Å². The fraction of sp³-hybridized carbons (Fsp3) is 0.333. The van der Waals surface area contributed by atoms with Crippen molar-refractivity contribution in [1.29, 1.82) is 0 Å². The summed E-state index contributed by atoms with van der Waals surface area (Å²) in [7, 11) is 1.68. The number of urea groups is 1. The van der Waals surface area contributed by atoms with Crippen LogP contribution >= 0.6 is 11.8 Å². The number of hydrogen-bond donors (Lipinski definition) is 1. The van der Waals surface area contributed by atoms with Crippen LogP contribution in [0.4, 0.5) is 10.5 Å². The van der Waals surface area contributed by atoms with Crippen LogP contribution in [0.15, 0.2) is 47.6 Å². The Kier molecular flexibility index (Phi) is 7.75. The summed E-state index contributed by atoms with van der Waals surface area (Å²) in [5.74, 6) is 0.850. The van der Waals surface area contributed by atoms with Crippen LogP contribution in [0.2, 0.25) is 0 Å². The first-order valence-corrected chi connectivity index (χ1v) is 11.6. The van der Waals surface area contributed by atoms with Crippen LogP contribution in [0.5, 0.6) is 5.75 Å². The van der Waals surface area contributed by atoms with Crippen LogP contribution in [-0.4, -0.2) is 45.6 Å². The minimum Gasteiger partial charge on any atom is -0.426 e. The van der Waals surface area contributed by atoms with Gasteiger partial charge in [-0.2, -0.15) is 0 Å². The highest BCUT2D eigenvalue weighted by atomic mass is 32.2. The van der Waals surface area contributed by atoms with Crippen LogP contribution in [-0.2, 0) is 4.79 Å². The molecule has 0 aliphatic heterocycles. The highest BCUT2D eigenvalue weighted by molar-refractivity contribution is 7.99. The Morgan fingerprint density at radius 2 is 1.79 bits per heavy atom. The van der Waals surface area contributed by atoms with Crippen LogP contribution in [0, 0.1) is 20.8 Å². The minimum absolute atomic E-state index is 0.0436. The SMILES string of the molecule is Cc1ccc(C)c(-n2c(C)nnc2SCC(=O)Oc2ccc(N(C)C(=O)NC(C)C)cc2)c1. The molecule has 0 saturated heterocycles. The number of thioether (sulfide) groups is 1. The molecule has 8 nitrogen and oxygen atoms in total. The monoisotopic (exact) mass is 467 g/mol. The third-order valence-corrected chi connectivity index (χ3v) is 5.79. The lowest BCUT2D eigenvalue weighted by Gasteiger charge is -2.20. The van der Waals surface area contributed by atoms with E-state index >= 15 is 0 Å². The van der Waals surface area contributed by atoms with Gasteiger partial charge in [0.05, 0.1) is 11.4 Å². The Labute approximate surface area is 198 Å². The number of aromatic nitrogens is 3. The standard InChI is InChI=1S/C24H29N5O3S/c1-15(2)25-23(31)28(6)19-9-11-20(12-10-19)32-22(30)14-33-24-27-26-18(5)29(24)21-13-16(3)7-8-17(21)4/h7-13,15H,14H2,1-6H3,(H,25,31). The number of amides is 2. The number of ether oxygens (including phenoxy) is 1. The summed E-state index contributed by atoms with van der Waals surface area (Å²) < 4.78 is 7.41. The van der Waals surface area contributed by atoms with E-state index in [1.807, 2.05) is 39.2 Å². The predicted octanol–water partition coefficient (Wildman–Crippen LogP) is 4.44. The highest BCUT2D eigenvalue weighted by Crippen LogP contribution is 2.25. The number of anilines is 1. The zero-order valence-corrected chi connectivity index (χ0v) is 20.6. The zero-order valence-electron chi connectivity index (χ0n) is 19.7. The van der Waals surface area contributed by atoms with Gasteiger partial charge in [-0.15, -0.1) is 10.2 Å². The molecule has 2 aromatic carbocycles. The van der Waals surface area contributed by atoms with E-state index < -0.39 is 5.97 Å². The Morgan fingerprint density at radius 3 is 2.45 bits per heavy atom. The molecule has 1 aromatic heterocycles. The van der Waals surface area contributed by atoms with Crippen molar-refractivity contribution in [3.8, 4) is 11.4 Å². The topological polar surface area (TPSA) is 89.4 Å². The molecule has 0 aliphatic rings. The number of carbonyl (C=O) groups excluding carboxylic acids is 2.